The van der Waals surface area contributed by atoms with Gasteiger partial charge in [0.05, 0.1) is 37.2 Å². The standard InChI is InChI=1S/C32H44N2O6/c1-7-10-11-18-39-31(38)25-24-15-16-32(40-24)26(25)29(36)34(23(19-35)20(4)9-3)28(32)30(37)33(17-8-2)27-21(5)13-12-14-22(27)6/h7-8,12-14,20,23-26,28,35H,1-2,9-11,15-19H2,3-6H3/t20-,23-,24+,25-,26-,28?,32?/m0/s1. The molecule has 0 aliphatic carbocycles. The van der Waals surface area contributed by atoms with Gasteiger partial charge in [-0.15, -0.1) is 13.2 Å². The molecule has 3 fully saturated rings. The first-order chi connectivity index (χ1) is 19.2. The Kier molecular flexibility index (Phi) is 9.20. The van der Waals surface area contributed by atoms with Crippen LogP contribution in [-0.4, -0.2) is 71.3 Å². The van der Waals surface area contributed by atoms with Crippen LogP contribution in [0.25, 0.3) is 0 Å². The minimum atomic E-state index is -1.17. The second-order valence-corrected chi connectivity index (χ2v) is 11.5. The maximum absolute atomic E-state index is 14.8. The molecule has 2 unspecified atom stereocenters. The van der Waals surface area contributed by atoms with Gasteiger partial charge in [0.1, 0.15) is 11.6 Å². The van der Waals surface area contributed by atoms with Gasteiger partial charge in [0.15, 0.2) is 0 Å². The molecule has 2 bridgehead atoms. The smallest absolute Gasteiger partial charge is 0.312 e. The summed E-state index contributed by atoms with van der Waals surface area (Å²) in [6, 6.07) is 4.27. The molecule has 8 heteroatoms. The molecule has 1 aromatic carbocycles. The molecule has 0 aromatic heterocycles. The van der Waals surface area contributed by atoms with Gasteiger partial charge in [-0.1, -0.05) is 50.6 Å². The molecule has 1 aromatic rings. The lowest BCUT2D eigenvalue weighted by Crippen LogP contribution is -2.60. The van der Waals surface area contributed by atoms with E-state index in [1.807, 2.05) is 45.9 Å². The minimum Gasteiger partial charge on any atom is -0.465 e. The first kappa shape index (κ1) is 30.0. The van der Waals surface area contributed by atoms with Crippen molar-refractivity contribution in [3.05, 3.63) is 54.6 Å². The number of ether oxygens (including phenoxy) is 2. The molecule has 3 aliphatic heterocycles. The van der Waals surface area contributed by atoms with Gasteiger partial charge in [-0.2, -0.15) is 0 Å². The molecule has 4 rings (SSSR count). The average molecular weight is 553 g/mol. The first-order valence-corrected chi connectivity index (χ1v) is 14.5. The number of aryl methyl sites for hydroxylation is 2. The van der Waals surface area contributed by atoms with Crippen LogP contribution in [0.5, 0.6) is 0 Å². The Hall–Kier alpha value is -2.97. The fraction of sp³-hybridized carbons (Fsp3) is 0.594. The van der Waals surface area contributed by atoms with E-state index in [4.69, 9.17) is 9.47 Å². The molecular weight excluding hydrogens is 508 g/mol. The fourth-order valence-electron chi connectivity index (χ4n) is 7.11. The molecule has 7 atom stereocenters. The van der Waals surface area contributed by atoms with Gasteiger partial charge in [0.25, 0.3) is 5.91 Å². The molecule has 3 aliphatic rings. The topological polar surface area (TPSA) is 96.4 Å². The summed E-state index contributed by atoms with van der Waals surface area (Å²) in [5.74, 6) is -2.75. The minimum absolute atomic E-state index is 0.0750. The second-order valence-electron chi connectivity index (χ2n) is 11.5. The Bertz CT molecular complexity index is 1130. The molecule has 40 heavy (non-hydrogen) atoms. The van der Waals surface area contributed by atoms with E-state index < -0.39 is 41.6 Å². The van der Waals surface area contributed by atoms with E-state index in [0.717, 1.165) is 23.2 Å². The molecule has 0 saturated carbocycles. The summed E-state index contributed by atoms with van der Waals surface area (Å²) in [5.41, 5.74) is 1.46. The van der Waals surface area contributed by atoms with E-state index in [2.05, 4.69) is 13.2 Å². The van der Waals surface area contributed by atoms with E-state index in [9.17, 15) is 19.5 Å². The summed E-state index contributed by atoms with van der Waals surface area (Å²) >= 11 is 0. The largest absolute Gasteiger partial charge is 0.465 e. The zero-order valence-corrected chi connectivity index (χ0v) is 24.3. The van der Waals surface area contributed by atoms with Gasteiger partial charge in [0.2, 0.25) is 5.91 Å². The average Bonchev–Trinajstić information content (AvgIpc) is 3.58. The number of aliphatic hydroxyl groups is 1. The third-order valence-electron chi connectivity index (χ3n) is 9.17. The molecule has 1 N–H and O–H groups in total. The van der Waals surface area contributed by atoms with Crippen molar-refractivity contribution in [3.8, 4) is 0 Å². The van der Waals surface area contributed by atoms with Gasteiger partial charge in [-0.3, -0.25) is 14.4 Å². The number of esters is 1. The number of fused-ring (bicyclic) bond motifs is 1. The zero-order valence-electron chi connectivity index (χ0n) is 24.3. The molecular formula is C32H44N2O6. The van der Waals surface area contributed by atoms with E-state index in [1.165, 1.54) is 0 Å². The number of hydrogen-bond acceptors (Lipinski definition) is 6. The molecule has 1 spiro atoms. The lowest BCUT2D eigenvalue weighted by atomic mass is 9.70. The third-order valence-corrected chi connectivity index (χ3v) is 9.17. The van der Waals surface area contributed by atoms with Crippen molar-refractivity contribution in [3.63, 3.8) is 0 Å². The molecule has 3 saturated heterocycles. The van der Waals surface area contributed by atoms with Crippen molar-refractivity contribution >= 4 is 23.5 Å². The molecule has 3 heterocycles. The van der Waals surface area contributed by atoms with Crippen LogP contribution in [0.3, 0.4) is 0 Å². The number of carbonyl (C=O) groups is 3. The van der Waals surface area contributed by atoms with Crippen molar-refractivity contribution < 1.29 is 29.0 Å². The number of likely N-dealkylation sites (tertiary alicyclic amines) is 1. The summed E-state index contributed by atoms with van der Waals surface area (Å²) in [6.45, 7) is 15.7. The van der Waals surface area contributed by atoms with E-state index in [0.29, 0.717) is 25.7 Å². The first-order valence-electron chi connectivity index (χ1n) is 14.5. The predicted octanol–water partition coefficient (Wildman–Crippen LogP) is 4.11. The Morgan fingerprint density at radius 3 is 2.58 bits per heavy atom. The van der Waals surface area contributed by atoms with Crippen molar-refractivity contribution in [1.29, 1.82) is 0 Å². The van der Waals surface area contributed by atoms with Crippen molar-refractivity contribution in [1.82, 2.24) is 4.90 Å². The fourth-order valence-corrected chi connectivity index (χ4v) is 7.11. The van der Waals surface area contributed by atoms with Gasteiger partial charge < -0.3 is 24.4 Å². The normalized spacial score (nSPS) is 28.2. The Labute approximate surface area is 238 Å². The maximum Gasteiger partial charge on any atom is 0.312 e. The highest BCUT2D eigenvalue weighted by atomic mass is 16.6. The monoisotopic (exact) mass is 552 g/mol. The predicted molar refractivity (Wildman–Crippen MR) is 154 cm³/mol. The van der Waals surface area contributed by atoms with Crippen molar-refractivity contribution in [2.75, 3.05) is 24.7 Å². The van der Waals surface area contributed by atoms with Gasteiger partial charge >= 0.3 is 5.97 Å². The highest BCUT2D eigenvalue weighted by Gasteiger charge is 2.75. The summed E-state index contributed by atoms with van der Waals surface area (Å²) in [5, 5.41) is 10.5. The number of anilines is 1. The lowest BCUT2D eigenvalue weighted by molar-refractivity contribution is -0.156. The molecule has 218 valence electrons. The number of carbonyl (C=O) groups excluding carboxylic acids is 3. The molecule has 2 amide bonds. The lowest BCUT2D eigenvalue weighted by Gasteiger charge is -2.41. The number of unbranched alkanes of at least 4 members (excludes halogenated alkanes) is 1. The number of amides is 2. The van der Waals surface area contributed by atoms with E-state index in [1.54, 1.807) is 22.0 Å². The summed E-state index contributed by atoms with van der Waals surface area (Å²) in [4.78, 5) is 45.8. The van der Waals surface area contributed by atoms with Crippen LogP contribution in [-0.2, 0) is 23.9 Å². The van der Waals surface area contributed by atoms with Crippen LogP contribution in [0.1, 0.15) is 57.1 Å². The molecule has 0 radical (unpaired) electrons. The summed E-state index contributed by atoms with van der Waals surface area (Å²) < 4.78 is 12.2. The Balaban J connectivity index is 1.80. The van der Waals surface area contributed by atoms with Crippen molar-refractivity contribution in [2.24, 2.45) is 17.8 Å². The Morgan fingerprint density at radius 2 is 1.98 bits per heavy atom. The summed E-state index contributed by atoms with van der Waals surface area (Å²) in [6.07, 6.45) is 6.08. The zero-order chi connectivity index (χ0) is 29.2. The van der Waals surface area contributed by atoms with Gasteiger partial charge in [-0.05, 0) is 56.6 Å². The number of hydrogen-bond donors (Lipinski definition) is 1. The molecule has 8 nitrogen and oxygen atoms in total. The number of aliphatic hydroxyl groups excluding tert-OH is 1. The van der Waals surface area contributed by atoms with Crippen LogP contribution in [0.4, 0.5) is 5.69 Å². The Morgan fingerprint density at radius 1 is 1.27 bits per heavy atom. The SMILES string of the molecule is C=CCCCOC(=O)[C@@H]1[C@H]2C(=O)N([C@@H](CO)[C@@H](C)CC)C(C(=O)N(CC=C)c3c(C)cccc3C)C23CC[C@H]1O3. The highest BCUT2D eigenvalue weighted by Crippen LogP contribution is 2.59. The van der Waals surface area contributed by atoms with E-state index >= 15 is 0 Å². The van der Waals surface area contributed by atoms with Crippen LogP contribution in [0, 0.1) is 31.6 Å². The number of rotatable bonds is 13. The van der Waals surface area contributed by atoms with Crippen LogP contribution in [0.15, 0.2) is 43.5 Å². The van der Waals surface area contributed by atoms with E-state index in [-0.39, 0.29) is 37.5 Å². The van der Waals surface area contributed by atoms with Crippen LogP contribution in [0.2, 0.25) is 0 Å². The quantitative estimate of drug-likeness (QED) is 0.225. The van der Waals surface area contributed by atoms with Gasteiger partial charge in [-0.25, -0.2) is 0 Å². The second kappa shape index (κ2) is 12.3. The number of allylic oxidation sites excluding steroid dienone is 1. The van der Waals surface area contributed by atoms with Crippen molar-refractivity contribution in [2.45, 2.75) is 83.6 Å². The number of para-hydroxylation sites is 1. The third kappa shape index (κ3) is 4.90. The summed E-state index contributed by atoms with van der Waals surface area (Å²) in [7, 11) is 0. The highest BCUT2D eigenvalue weighted by molar-refractivity contribution is 6.05. The van der Waals surface area contributed by atoms with Gasteiger partial charge in [0, 0.05) is 12.2 Å². The number of benzene rings is 1. The van der Waals surface area contributed by atoms with Crippen LogP contribution >= 0.6 is 0 Å². The maximum atomic E-state index is 14.8. The van der Waals surface area contributed by atoms with Crippen LogP contribution < -0.4 is 4.90 Å². The number of nitrogens with zero attached hydrogens (tertiary/aromatic N) is 2.